The first-order valence-corrected chi connectivity index (χ1v) is 8.22. The Hall–Kier alpha value is -2.40. The van der Waals surface area contributed by atoms with Gasteiger partial charge in [0.25, 0.3) is 0 Å². The maximum absolute atomic E-state index is 4.48. The molecule has 0 fully saturated rings. The molecule has 2 aromatic carbocycles. The van der Waals surface area contributed by atoms with Crippen LogP contribution in [-0.4, -0.2) is 16.5 Å². The fourth-order valence-electron chi connectivity index (χ4n) is 2.16. The first-order chi connectivity index (χ1) is 11.3. The Bertz CT molecular complexity index is 744. The summed E-state index contributed by atoms with van der Waals surface area (Å²) in [6.45, 7) is 0.832. The molecule has 0 saturated carbocycles. The van der Waals surface area contributed by atoms with Gasteiger partial charge in [-0.25, -0.2) is 4.98 Å². The molecule has 0 aliphatic rings. The van der Waals surface area contributed by atoms with Gasteiger partial charge in [0.15, 0.2) is 0 Å². The molecule has 0 radical (unpaired) electrons. The van der Waals surface area contributed by atoms with Crippen LogP contribution in [0, 0.1) is 0 Å². The Kier molecular flexibility index (Phi) is 5.21. The van der Waals surface area contributed by atoms with Crippen LogP contribution < -0.4 is 10.6 Å². The first kappa shape index (κ1) is 15.5. The Balaban J connectivity index is 1.57. The van der Waals surface area contributed by atoms with E-state index in [0.717, 1.165) is 28.9 Å². The number of halogens is 1. The van der Waals surface area contributed by atoms with Crippen LogP contribution in [0.4, 0.5) is 17.5 Å². The molecule has 0 amide bonds. The van der Waals surface area contributed by atoms with Crippen molar-refractivity contribution in [2.24, 2.45) is 0 Å². The molecule has 0 spiro atoms. The molecular formula is C18H17BrN4. The standard InChI is InChI=1S/C18H17BrN4/c19-15-6-8-16(9-7-15)22-18-21-13-11-17(23-18)20-12-10-14-4-2-1-3-5-14/h1-9,11,13H,10,12H2,(H2,20,21,22,23). The van der Waals surface area contributed by atoms with Crippen LogP contribution in [0.15, 0.2) is 71.3 Å². The minimum atomic E-state index is 0.581. The van der Waals surface area contributed by atoms with Crippen LogP contribution in [-0.2, 0) is 6.42 Å². The van der Waals surface area contributed by atoms with Gasteiger partial charge in [-0.15, -0.1) is 0 Å². The summed E-state index contributed by atoms with van der Waals surface area (Å²) in [5.74, 6) is 1.40. The van der Waals surface area contributed by atoms with Crippen molar-refractivity contribution in [1.29, 1.82) is 0 Å². The average molecular weight is 369 g/mol. The summed E-state index contributed by atoms with van der Waals surface area (Å²) in [6.07, 6.45) is 2.71. The molecule has 0 bridgehead atoms. The zero-order valence-electron chi connectivity index (χ0n) is 12.5. The van der Waals surface area contributed by atoms with E-state index in [9.17, 15) is 0 Å². The Morgan fingerprint density at radius 3 is 2.48 bits per heavy atom. The van der Waals surface area contributed by atoms with Crippen molar-refractivity contribution in [2.45, 2.75) is 6.42 Å². The van der Waals surface area contributed by atoms with Crippen LogP contribution in [0.1, 0.15) is 5.56 Å². The van der Waals surface area contributed by atoms with E-state index in [1.54, 1.807) is 6.20 Å². The van der Waals surface area contributed by atoms with Crippen LogP contribution >= 0.6 is 15.9 Å². The maximum Gasteiger partial charge on any atom is 0.229 e. The van der Waals surface area contributed by atoms with E-state index in [0.29, 0.717) is 5.95 Å². The number of hydrogen-bond donors (Lipinski definition) is 2. The SMILES string of the molecule is Brc1ccc(Nc2nccc(NCCc3ccccc3)n2)cc1. The average Bonchev–Trinajstić information content (AvgIpc) is 2.58. The summed E-state index contributed by atoms with van der Waals surface area (Å²) >= 11 is 3.42. The highest BCUT2D eigenvalue weighted by Crippen LogP contribution is 2.17. The highest BCUT2D eigenvalue weighted by Gasteiger charge is 2.00. The molecular weight excluding hydrogens is 352 g/mol. The van der Waals surface area contributed by atoms with Crippen molar-refractivity contribution in [3.8, 4) is 0 Å². The van der Waals surface area contributed by atoms with Gasteiger partial charge in [0.2, 0.25) is 5.95 Å². The highest BCUT2D eigenvalue weighted by molar-refractivity contribution is 9.10. The van der Waals surface area contributed by atoms with E-state index in [1.165, 1.54) is 5.56 Å². The van der Waals surface area contributed by atoms with E-state index >= 15 is 0 Å². The summed E-state index contributed by atoms with van der Waals surface area (Å²) < 4.78 is 1.04. The second kappa shape index (κ2) is 7.74. The van der Waals surface area contributed by atoms with Gasteiger partial charge in [0.1, 0.15) is 5.82 Å². The van der Waals surface area contributed by atoms with Gasteiger partial charge >= 0.3 is 0 Å². The third-order valence-electron chi connectivity index (χ3n) is 3.32. The number of nitrogens with zero attached hydrogens (tertiary/aromatic N) is 2. The zero-order chi connectivity index (χ0) is 15.9. The molecule has 0 unspecified atom stereocenters. The lowest BCUT2D eigenvalue weighted by Crippen LogP contribution is -2.07. The lowest BCUT2D eigenvalue weighted by atomic mass is 10.1. The van der Waals surface area contributed by atoms with Crippen LogP contribution in [0.5, 0.6) is 0 Å². The summed E-state index contributed by atoms with van der Waals surface area (Å²) in [6, 6.07) is 20.2. The number of anilines is 3. The molecule has 0 aliphatic carbocycles. The van der Waals surface area contributed by atoms with Crippen molar-refractivity contribution in [2.75, 3.05) is 17.2 Å². The third-order valence-corrected chi connectivity index (χ3v) is 3.85. The number of rotatable bonds is 6. The molecule has 0 aliphatic heterocycles. The molecule has 5 heteroatoms. The predicted molar refractivity (Wildman–Crippen MR) is 98.1 cm³/mol. The van der Waals surface area contributed by atoms with Crippen molar-refractivity contribution in [1.82, 2.24) is 9.97 Å². The van der Waals surface area contributed by atoms with E-state index in [4.69, 9.17) is 0 Å². The molecule has 4 nitrogen and oxygen atoms in total. The summed E-state index contributed by atoms with van der Waals surface area (Å²) in [7, 11) is 0. The topological polar surface area (TPSA) is 49.8 Å². The zero-order valence-corrected chi connectivity index (χ0v) is 14.1. The van der Waals surface area contributed by atoms with E-state index < -0.39 is 0 Å². The third kappa shape index (κ3) is 4.79. The molecule has 0 atom stereocenters. The Morgan fingerprint density at radius 2 is 1.70 bits per heavy atom. The monoisotopic (exact) mass is 368 g/mol. The largest absolute Gasteiger partial charge is 0.370 e. The van der Waals surface area contributed by atoms with Crippen molar-refractivity contribution in [3.63, 3.8) is 0 Å². The molecule has 3 rings (SSSR count). The second-order valence-electron chi connectivity index (χ2n) is 5.06. The normalized spacial score (nSPS) is 10.3. The van der Waals surface area contributed by atoms with Crippen LogP contribution in [0.2, 0.25) is 0 Å². The summed E-state index contributed by atoms with van der Waals surface area (Å²) in [5.41, 5.74) is 2.26. The van der Waals surface area contributed by atoms with Gasteiger partial charge in [-0.1, -0.05) is 46.3 Å². The minimum Gasteiger partial charge on any atom is -0.370 e. The predicted octanol–water partition coefficient (Wildman–Crippen LogP) is 4.64. The smallest absolute Gasteiger partial charge is 0.229 e. The second-order valence-corrected chi connectivity index (χ2v) is 5.98. The number of nitrogens with one attached hydrogen (secondary N) is 2. The lowest BCUT2D eigenvalue weighted by molar-refractivity contribution is 1.00. The highest BCUT2D eigenvalue weighted by atomic mass is 79.9. The van der Waals surface area contributed by atoms with Gasteiger partial charge in [-0.3, -0.25) is 0 Å². The lowest BCUT2D eigenvalue weighted by Gasteiger charge is -2.08. The van der Waals surface area contributed by atoms with Crippen molar-refractivity contribution >= 4 is 33.4 Å². The van der Waals surface area contributed by atoms with Gasteiger partial charge in [-0.2, -0.15) is 4.98 Å². The Morgan fingerprint density at radius 1 is 0.913 bits per heavy atom. The summed E-state index contributed by atoms with van der Waals surface area (Å²) in [4.78, 5) is 8.73. The van der Waals surface area contributed by atoms with Crippen molar-refractivity contribution < 1.29 is 0 Å². The molecule has 2 N–H and O–H groups in total. The van der Waals surface area contributed by atoms with Crippen molar-refractivity contribution in [3.05, 3.63) is 76.9 Å². The molecule has 1 aromatic heterocycles. The molecule has 116 valence electrons. The molecule has 0 saturated heterocycles. The van der Waals surface area contributed by atoms with E-state index in [-0.39, 0.29) is 0 Å². The van der Waals surface area contributed by atoms with Gasteiger partial charge in [0, 0.05) is 22.9 Å². The maximum atomic E-state index is 4.48. The van der Waals surface area contributed by atoms with Crippen LogP contribution in [0.25, 0.3) is 0 Å². The first-order valence-electron chi connectivity index (χ1n) is 7.43. The van der Waals surface area contributed by atoms with Gasteiger partial charge in [-0.05, 0) is 42.3 Å². The fraction of sp³-hybridized carbons (Fsp3) is 0.111. The minimum absolute atomic E-state index is 0.581. The van der Waals surface area contributed by atoms with E-state index in [1.807, 2.05) is 36.4 Å². The number of benzene rings is 2. The van der Waals surface area contributed by atoms with Gasteiger partial charge in [0.05, 0.1) is 0 Å². The molecule has 23 heavy (non-hydrogen) atoms. The van der Waals surface area contributed by atoms with Crippen LogP contribution in [0.3, 0.4) is 0 Å². The Labute approximate surface area is 144 Å². The van der Waals surface area contributed by atoms with E-state index in [2.05, 4.69) is 60.8 Å². The number of aromatic nitrogens is 2. The van der Waals surface area contributed by atoms with Gasteiger partial charge < -0.3 is 10.6 Å². The fourth-order valence-corrected chi connectivity index (χ4v) is 2.42. The molecule has 3 aromatic rings. The number of hydrogen-bond acceptors (Lipinski definition) is 4. The molecule has 1 heterocycles. The summed E-state index contributed by atoms with van der Waals surface area (Å²) in [5, 5.41) is 6.53. The quantitative estimate of drug-likeness (QED) is 0.665.